The number of amides is 1. The van der Waals surface area contributed by atoms with Crippen molar-refractivity contribution in [2.24, 2.45) is 5.73 Å². The molecule has 6 nitrogen and oxygen atoms in total. The molecule has 1 aliphatic carbocycles. The Labute approximate surface area is 167 Å². The number of aromatic nitrogens is 1. The van der Waals surface area contributed by atoms with Crippen LogP contribution in [-0.4, -0.2) is 37.7 Å². The van der Waals surface area contributed by atoms with Gasteiger partial charge in [0, 0.05) is 18.7 Å². The highest BCUT2D eigenvalue weighted by Crippen LogP contribution is 2.25. The summed E-state index contributed by atoms with van der Waals surface area (Å²) in [5.41, 5.74) is 9.35. The van der Waals surface area contributed by atoms with Gasteiger partial charge in [-0.15, -0.1) is 0 Å². The van der Waals surface area contributed by atoms with Gasteiger partial charge in [0.2, 0.25) is 0 Å². The van der Waals surface area contributed by atoms with Crippen LogP contribution in [0, 0.1) is 6.92 Å². The van der Waals surface area contributed by atoms with Crippen molar-refractivity contribution in [3.63, 3.8) is 0 Å². The van der Waals surface area contributed by atoms with Gasteiger partial charge in [-0.05, 0) is 56.0 Å². The number of nitrogens with two attached hydrogens (primary N) is 1. The first-order chi connectivity index (χ1) is 13.4. The number of carbonyl (C=O) groups excluding carboxylic acids is 1. The Hall–Kier alpha value is -2.73. The molecule has 0 fully saturated rings. The quantitative estimate of drug-likeness (QED) is 0.672. The first kappa shape index (κ1) is 21.6. The van der Waals surface area contributed by atoms with Crippen molar-refractivity contribution in [1.29, 1.82) is 0 Å². The zero-order valence-electron chi connectivity index (χ0n) is 17.2. The number of allylic oxidation sites excluding steroid dienone is 2. The van der Waals surface area contributed by atoms with Gasteiger partial charge in [-0.1, -0.05) is 12.1 Å². The Morgan fingerprint density at radius 1 is 1.32 bits per heavy atom. The predicted molar refractivity (Wildman–Crippen MR) is 111 cm³/mol. The lowest BCUT2D eigenvalue weighted by molar-refractivity contribution is 0.0951. The van der Waals surface area contributed by atoms with E-state index in [1.54, 1.807) is 20.4 Å². The molecule has 0 aromatic carbocycles. The van der Waals surface area contributed by atoms with E-state index in [0.29, 0.717) is 12.2 Å². The summed E-state index contributed by atoms with van der Waals surface area (Å²) in [6.07, 6.45) is 6.20. The lowest BCUT2D eigenvalue weighted by Gasteiger charge is -2.20. The lowest BCUT2D eigenvalue weighted by Crippen LogP contribution is -2.28. The summed E-state index contributed by atoms with van der Waals surface area (Å²) < 4.78 is 10.9. The van der Waals surface area contributed by atoms with Gasteiger partial charge < -0.3 is 25.5 Å². The van der Waals surface area contributed by atoms with E-state index in [0.717, 1.165) is 47.5 Å². The summed E-state index contributed by atoms with van der Waals surface area (Å²) in [6.45, 7) is 4.28. The molecule has 1 atom stereocenters. The van der Waals surface area contributed by atoms with E-state index in [2.05, 4.69) is 10.3 Å². The molecule has 2 rings (SSSR count). The highest BCUT2D eigenvalue weighted by atomic mass is 16.5. The number of hydrogen-bond donors (Lipinski definition) is 3. The zero-order valence-corrected chi connectivity index (χ0v) is 17.2. The van der Waals surface area contributed by atoms with E-state index in [1.807, 2.05) is 44.2 Å². The van der Waals surface area contributed by atoms with Crippen LogP contribution in [0.3, 0.4) is 0 Å². The third-order valence-electron chi connectivity index (χ3n) is 4.46. The zero-order chi connectivity index (χ0) is 20.5. The van der Waals surface area contributed by atoms with E-state index in [9.17, 15) is 4.79 Å². The highest BCUT2D eigenvalue weighted by Gasteiger charge is 2.18. The van der Waals surface area contributed by atoms with Gasteiger partial charge in [-0.25, -0.2) is 0 Å². The minimum atomic E-state index is -0.197. The first-order valence-corrected chi connectivity index (χ1v) is 9.51. The standard InChI is InChI=1S/C22H31N3O3/c1-15-11-17(13-16(2)23)7-6-10-24-19(12-15)22(26)25-14-18-20(27-3)8-5-9-21(18)28-4/h6-8,10-12,16,24H,5,9,13-14,23H2,1-4H3,(H,25,26). The second-order valence-corrected chi connectivity index (χ2v) is 6.97. The Kier molecular flexibility index (Phi) is 8.14. The van der Waals surface area contributed by atoms with E-state index in [4.69, 9.17) is 15.2 Å². The highest BCUT2D eigenvalue weighted by molar-refractivity contribution is 5.92. The number of ether oxygens (including phenoxy) is 2. The number of carbonyl (C=O) groups is 1. The number of methoxy groups -OCH3 is 2. The first-order valence-electron chi connectivity index (χ1n) is 9.51. The van der Waals surface area contributed by atoms with Crippen molar-refractivity contribution in [3.8, 4) is 0 Å². The molecule has 28 heavy (non-hydrogen) atoms. The van der Waals surface area contributed by atoms with E-state index in [-0.39, 0.29) is 11.9 Å². The van der Waals surface area contributed by atoms with Crippen LogP contribution in [0.25, 0.3) is 0 Å². The van der Waals surface area contributed by atoms with Crippen molar-refractivity contribution in [2.45, 2.75) is 39.2 Å². The SMILES string of the molecule is COC1=CCCC(OC)=C1CNC(=O)c1cc(C)cc(CC(C)N)ccc[nH]1. The van der Waals surface area contributed by atoms with Crippen LogP contribution in [-0.2, 0) is 15.9 Å². The molecule has 1 heterocycles. The van der Waals surface area contributed by atoms with Gasteiger partial charge in [0.1, 0.15) is 17.2 Å². The molecule has 152 valence electrons. The molecule has 0 radical (unpaired) electrons. The summed E-state index contributed by atoms with van der Waals surface area (Å²) in [6, 6.07) is 7.84. The van der Waals surface area contributed by atoms with Crippen LogP contribution in [0.1, 0.15) is 41.4 Å². The Bertz CT molecular complexity index is 805. The van der Waals surface area contributed by atoms with Gasteiger partial charge in [-0.3, -0.25) is 4.79 Å². The van der Waals surface area contributed by atoms with Gasteiger partial charge in [0.25, 0.3) is 5.91 Å². The lowest BCUT2D eigenvalue weighted by atomic mass is 10.0. The number of aryl methyl sites for hydroxylation is 1. The van der Waals surface area contributed by atoms with E-state index >= 15 is 0 Å². The van der Waals surface area contributed by atoms with Crippen molar-refractivity contribution < 1.29 is 14.3 Å². The average molecular weight is 386 g/mol. The predicted octanol–water partition coefficient (Wildman–Crippen LogP) is 3.29. The van der Waals surface area contributed by atoms with Crippen molar-refractivity contribution in [1.82, 2.24) is 10.3 Å². The van der Waals surface area contributed by atoms with Crippen molar-refractivity contribution in [2.75, 3.05) is 20.8 Å². The molecule has 0 saturated heterocycles. The topological polar surface area (TPSA) is 89.4 Å². The Balaban J connectivity index is 2.22. The fourth-order valence-corrected chi connectivity index (χ4v) is 3.22. The summed E-state index contributed by atoms with van der Waals surface area (Å²) in [5, 5.41) is 2.96. The smallest absolute Gasteiger partial charge is 0.267 e. The van der Waals surface area contributed by atoms with Gasteiger partial charge in [0.05, 0.1) is 26.3 Å². The van der Waals surface area contributed by atoms with Gasteiger partial charge in [0.15, 0.2) is 0 Å². The summed E-state index contributed by atoms with van der Waals surface area (Å²) >= 11 is 0. The molecule has 1 aromatic rings. The largest absolute Gasteiger partial charge is 0.501 e. The molecule has 0 aliphatic heterocycles. The third kappa shape index (κ3) is 6.16. The van der Waals surface area contributed by atoms with Crippen molar-refractivity contribution in [3.05, 3.63) is 70.5 Å². The number of rotatable bonds is 7. The second kappa shape index (κ2) is 10.6. The third-order valence-corrected chi connectivity index (χ3v) is 4.46. The molecule has 6 heteroatoms. The fraction of sp³-hybridized carbons (Fsp3) is 0.409. The minimum Gasteiger partial charge on any atom is -0.501 e. The van der Waals surface area contributed by atoms with Gasteiger partial charge in [-0.2, -0.15) is 0 Å². The molecule has 0 saturated carbocycles. The molecule has 4 N–H and O–H groups in total. The monoisotopic (exact) mass is 385 g/mol. The molecule has 1 aromatic heterocycles. The van der Waals surface area contributed by atoms with E-state index < -0.39 is 0 Å². The maximum absolute atomic E-state index is 12.7. The summed E-state index contributed by atoms with van der Waals surface area (Å²) in [7, 11) is 3.27. The molecule has 0 spiro atoms. The number of H-pyrrole nitrogens is 1. The number of hydrogen-bond acceptors (Lipinski definition) is 4. The molecular formula is C22H31N3O3. The number of nitrogens with one attached hydrogen (secondary N) is 2. The Morgan fingerprint density at radius 2 is 2.11 bits per heavy atom. The normalized spacial score (nSPS) is 14.7. The fourth-order valence-electron chi connectivity index (χ4n) is 3.22. The van der Waals surface area contributed by atoms with Crippen LogP contribution >= 0.6 is 0 Å². The van der Waals surface area contributed by atoms with Crippen LogP contribution in [0.4, 0.5) is 0 Å². The van der Waals surface area contributed by atoms with Crippen molar-refractivity contribution >= 4 is 5.91 Å². The molecule has 1 amide bonds. The van der Waals surface area contributed by atoms with Crippen LogP contribution in [0.5, 0.6) is 0 Å². The number of aromatic amines is 1. The van der Waals surface area contributed by atoms with Crippen LogP contribution in [0.15, 0.2) is 53.6 Å². The maximum atomic E-state index is 12.7. The molecular weight excluding hydrogens is 354 g/mol. The molecule has 1 aliphatic rings. The molecule has 0 bridgehead atoms. The second-order valence-electron chi connectivity index (χ2n) is 6.97. The minimum absolute atomic E-state index is 0.0749. The Morgan fingerprint density at radius 3 is 2.79 bits per heavy atom. The summed E-state index contributed by atoms with van der Waals surface area (Å²) in [5.74, 6) is 1.40. The van der Waals surface area contributed by atoms with Crippen LogP contribution in [0.2, 0.25) is 0 Å². The maximum Gasteiger partial charge on any atom is 0.267 e. The summed E-state index contributed by atoms with van der Waals surface area (Å²) in [4.78, 5) is 15.8. The van der Waals surface area contributed by atoms with Crippen LogP contribution < -0.4 is 11.1 Å². The van der Waals surface area contributed by atoms with Gasteiger partial charge >= 0.3 is 0 Å². The molecule has 1 unspecified atom stereocenters. The van der Waals surface area contributed by atoms with E-state index in [1.165, 1.54) is 0 Å². The average Bonchev–Trinajstić information content (AvgIpc) is 2.75.